The van der Waals surface area contributed by atoms with Crippen LogP contribution in [0.3, 0.4) is 0 Å². The molecule has 0 unspecified atom stereocenters. The number of anilines is 1. The van der Waals surface area contributed by atoms with Gasteiger partial charge in [-0.2, -0.15) is 0 Å². The van der Waals surface area contributed by atoms with Gasteiger partial charge >= 0.3 is 0 Å². The van der Waals surface area contributed by atoms with Crippen LogP contribution in [0.25, 0.3) is 0 Å². The van der Waals surface area contributed by atoms with Crippen molar-refractivity contribution in [1.82, 2.24) is 14.9 Å². The lowest BCUT2D eigenvalue weighted by molar-refractivity contribution is -0.403. The van der Waals surface area contributed by atoms with Crippen molar-refractivity contribution in [2.45, 2.75) is 19.9 Å². The summed E-state index contributed by atoms with van der Waals surface area (Å²) in [4.78, 5) is 14.3. The van der Waals surface area contributed by atoms with Gasteiger partial charge in [0.25, 0.3) is 6.20 Å². The lowest BCUT2D eigenvalue weighted by Gasteiger charge is -2.12. The monoisotopic (exact) mass is 335 g/mol. The van der Waals surface area contributed by atoms with Gasteiger partial charge in [0.1, 0.15) is 0 Å². The predicted molar refractivity (Wildman–Crippen MR) is 89.7 cm³/mol. The molecule has 0 amide bonds. The van der Waals surface area contributed by atoms with E-state index in [1.165, 1.54) is 0 Å². The number of nitrogens with one attached hydrogen (secondary N) is 2. The molecule has 23 heavy (non-hydrogen) atoms. The number of imidazole rings is 1. The summed E-state index contributed by atoms with van der Waals surface area (Å²) in [6, 6.07) is 6.95. The largest absolute Gasteiger partial charge is 0.366 e. The molecular formula is C15H18ClN5O2. The number of benzene rings is 1. The summed E-state index contributed by atoms with van der Waals surface area (Å²) >= 11 is 5.82. The maximum Gasteiger partial charge on any atom is 0.274 e. The molecule has 2 N–H and O–H groups in total. The number of nitro groups is 1. The van der Waals surface area contributed by atoms with Gasteiger partial charge < -0.3 is 15.2 Å². The summed E-state index contributed by atoms with van der Waals surface area (Å²) in [6.07, 6.45) is 5.30. The maximum atomic E-state index is 10.7. The zero-order valence-corrected chi connectivity index (χ0v) is 13.5. The smallest absolute Gasteiger partial charge is 0.274 e. The number of aryl methyl sites for hydroxylation is 2. The Morgan fingerprint density at radius 2 is 2.17 bits per heavy atom. The Bertz CT molecular complexity index is 681. The average molecular weight is 336 g/mol. The van der Waals surface area contributed by atoms with Gasteiger partial charge in [-0.25, -0.2) is 4.98 Å². The summed E-state index contributed by atoms with van der Waals surface area (Å²) in [5.74, 6) is 0.333. The van der Waals surface area contributed by atoms with Crippen LogP contribution in [0, 0.1) is 17.0 Å². The van der Waals surface area contributed by atoms with Gasteiger partial charge in [0.2, 0.25) is 0 Å². The Morgan fingerprint density at radius 1 is 1.43 bits per heavy atom. The number of hydrogen-bond donors (Lipinski definition) is 2. The molecule has 0 aliphatic rings. The van der Waals surface area contributed by atoms with Crippen molar-refractivity contribution >= 4 is 17.3 Å². The highest BCUT2D eigenvalue weighted by atomic mass is 35.5. The van der Waals surface area contributed by atoms with Crippen LogP contribution < -0.4 is 10.6 Å². The van der Waals surface area contributed by atoms with Gasteiger partial charge in [-0.3, -0.25) is 10.1 Å². The average Bonchev–Trinajstić information content (AvgIpc) is 2.90. The molecule has 122 valence electrons. The lowest BCUT2D eigenvalue weighted by Crippen LogP contribution is -2.23. The minimum Gasteiger partial charge on any atom is -0.366 e. The highest BCUT2D eigenvalue weighted by Gasteiger charge is 2.04. The first kappa shape index (κ1) is 16.8. The zero-order valence-electron chi connectivity index (χ0n) is 12.7. The third kappa shape index (κ3) is 5.63. The molecule has 0 atom stereocenters. The zero-order chi connectivity index (χ0) is 16.7. The van der Waals surface area contributed by atoms with Gasteiger partial charge in [0.05, 0.1) is 11.3 Å². The van der Waals surface area contributed by atoms with E-state index in [1.807, 2.05) is 11.5 Å². The minimum atomic E-state index is -0.495. The predicted octanol–water partition coefficient (Wildman–Crippen LogP) is 3.01. The molecule has 7 nitrogen and oxygen atoms in total. The van der Waals surface area contributed by atoms with Crippen molar-refractivity contribution in [1.29, 1.82) is 0 Å². The van der Waals surface area contributed by atoms with E-state index in [9.17, 15) is 10.1 Å². The fourth-order valence-corrected chi connectivity index (χ4v) is 2.14. The van der Waals surface area contributed by atoms with Gasteiger partial charge in [0.15, 0.2) is 5.82 Å². The Balaban J connectivity index is 1.87. The molecule has 0 radical (unpaired) electrons. The van der Waals surface area contributed by atoms with E-state index in [2.05, 4.69) is 15.6 Å². The van der Waals surface area contributed by atoms with Crippen LogP contribution in [0.5, 0.6) is 0 Å². The summed E-state index contributed by atoms with van der Waals surface area (Å²) in [5.41, 5.74) is 1.81. The fraction of sp³-hybridized carbons (Fsp3) is 0.267. The van der Waals surface area contributed by atoms with E-state index in [-0.39, 0.29) is 0 Å². The van der Waals surface area contributed by atoms with Crippen LogP contribution in [0.4, 0.5) is 5.69 Å². The lowest BCUT2D eigenvalue weighted by atomic mass is 10.3. The van der Waals surface area contributed by atoms with Crippen LogP contribution >= 0.6 is 11.6 Å². The number of hydrogen-bond acceptors (Lipinski definition) is 5. The Kier molecular flexibility index (Phi) is 5.99. The molecular weight excluding hydrogens is 318 g/mol. The highest BCUT2D eigenvalue weighted by Crippen LogP contribution is 2.14. The van der Waals surface area contributed by atoms with Crippen molar-refractivity contribution in [3.63, 3.8) is 0 Å². The van der Waals surface area contributed by atoms with Crippen LogP contribution in [-0.4, -0.2) is 21.0 Å². The summed E-state index contributed by atoms with van der Waals surface area (Å²) in [7, 11) is 0. The molecule has 0 saturated heterocycles. The molecule has 0 bridgehead atoms. The van der Waals surface area contributed by atoms with Gasteiger partial charge in [-0.1, -0.05) is 11.6 Å². The quantitative estimate of drug-likeness (QED) is 0.440. The Labute approximate surface area is 139 Å². The van der Waals surface area contributed by atoms with Gasteiger partial charge in [-0.05, 0) is 37.6 Å². The molecule has 2 rings (SSSR count). The van der Waals surface area contributed by atoms with Crippen molar-refractivity contribution < 1.29 is 4.92 Å². The first-order valence-corrected chi connectivity index (χ1v) is 7.51. The normalized spacial score (nSPS) is 11.3. The van der Waals surface area contributed by atoms with E-state index < -0.39 is 4.92 Å². The molecule has 0 aliphatic heterocycles. The van der Waals surface area contributed by atoms with Crippen molar-refractivity contribution in [3.05, 3.63) is 69.6 Å². The summed E-state index contributed by atoms with van der Waals surface area (Å²) in [5, 5.41) is 17.4. The molecule has 0 aliphatic carbocycles. The maximum absolute atomic E-state index is 10.7. The number of nitrogens with zero attached hydrogens (tertiary/aromatic N) is 3. The van der Waals surface area contributed by atoms with Gasteiger partial charge in [-0.15, -0.1) is 0 Å². The number of aromatic nitrogens is 2. The second-order valence-electron chi connectivity index (χ2n) is 4.97. The third-order valence-corrected chi connectivity index (χ3v) is 3.42. The van der Waals surface area contributed by atoms with Gasteiger partial charge in [0, 0.05) is 35.7 Å². The van der Waals surface area contributed by atoms with E-state index in [4.69, 9.17) is 11.6 Å². The minimum absolute atomic E-state index is 0.333. The van der Waals surface area contributed by atoms with E-state index in [0.717, 1.165) is 30.5 Å². The standard InChI is InChI=1S/C15H18ClN5O2/c1-12-9-17-11-20(12)8-2-7-18-15(10-21(22)23)19-14-5-3-13(16)4-6-14/h3-6,9-11,18-19H,2,7-8H2,1H3/b15-10+. The molecule has 1 aromatic carbocycles. The molecule has 1 heterocycles. The molecule has 1 aromatic heterocycles. The molecule has 2 aromatic rings. The van der Waals surface area contributed by atoms with Crippen LogP contribution in [0.1, 0.15) is 12.1 Å². The second kappa shape index (κ2) is 8.19. The van der Waals surface area contributed by atoms with Crippen molar-refractivity contribution in [3.8, 4) is 0 Å². The second-order valence-corrected chi connectivity index (χ2v) is 5.41. The first-order chi connectivity index (χ1) is 11.0. The van der Waals surface area contributed by atoms with E-state index in [1.54, 1.807) is 36.8 Å². The highest BCUT2D eigenvalue weighted by molar-refractivity contribution is 6.30. The number of halogens is 1. The van der Waals surface area contributed by atoms with Crippen molar-refractivity contribution in [2.75, 3.05) is 11.9 Å². The molecule has 8 heteroatoms. The molecule has 0 saturated carbocycles. The topological polar surface area (TPSA) is 85.0 Å². The number of rotatable bonds is 8. The first-order valence-electron chi connectivity index (χ1n) is 7.13. The molecule has 0 fully saturated rings. The Hall–Kier alpha value is -2.54. The fourth-order valence-electron chi connectivity index (χ4n) is 2.01. The Morgan fingerprint density at radius 3 is 2.78 bits per heavy atom. The molecule has 0 spiro atoms. The van der Waals surface area contributed by atoms with Crippen LogP contribution in [0.15, 0.2) is 48.8 Å². The third-order valence-electron chi connectivity index (χ3n) is 3.17. The van der Waals surface area contributed by atoms with Crippen molar-refractivity contribution in [2.24, 2.45) is 0 Å². The summed E-state index contributed by atoms with van der Waals surface area (Å²) in [6.45, 7) is 3.38. The SMILES string of the molecule is Cc1cncn1CCCN/C(=C\[N+](=O)[O-])Nc1ccc(Cl)cc1. The van der Waals surface area contributed by atoms with Crippen LogP contribution in [-0.2, 0) is 6.54 Å². The summed E-state index contributed by atoms with van der Waals surface area (Å²) < 4.78 is 2.03. The van der Waals surface area contributed by atoms with E-state index in [0.29, 0.717) is 17.4 Å². The van der Waals surface area contributed by atoms with E-state index >= 15 is 0 Å². The van der Waals surface area contributed by atoms with Crippen LogP contribution in [0.2, 0.25) is 5.02 Å².